The van der Waals surface area contributed by atoms with Gasteiger partial charge >= 0.3 is 0 Å². The first-order valence-electron chi connectivity index (χ1n) is 8.84. The molecule has 1 saturated carbocycles. The molecule has 0 atom stereocenters. The van der Waals surface area contributed by atoms with E-state index < -0.39 is 0 Å². The Bertz CT molecular complexity index is 612. The second-order valence-electron chi connectivity index (χ2n) is 6.86. The van der Waals surface area contributed by atoms with Crippen LogP contribution < -0.4 is 5.32 Å². The molecule has 2 aromatic carbocycles. The molecule has 0 bridgehead atoms. The number of rotatable bonds is 5. The maximum atomic E-state index is 3.58. The van der Waals surface area contributed by atoms with Crippen molar-refractivity contribution < 1.29 is 0 Å². The van der Waals surface area contributed by atoms with E-state index in [0.717, 1.165) is 18.3 Å². The molecule has 0 radical (unpaired) electrons. The summed E-state index contributed by atoms with van der Waals surface area (Å²) in [5.74, 6) is 0. The smallest absolute Gasteiger partial charge is 0.0429 e. The number of hydrogen-bond donors (Lipinski definition) is 1. The van der Waals surface area contributed by atoms with Crippen LogP contribution in [0, 0.1) is 6.92 Å². The molecule has 1 aliphatic rings. The van der Waals surface area contributed by atoms with Crippen molar-refractivity contribution in [3.05, 3.63) is 59.7 Å². The van der Waals surface area contributed by atoms with Crippen LogP contribution in [-0.4, -0.2) is 18.0 Å². The molecule has 0 heterocycles. The number of anilines is 2. The standard InChI is InChI=1S/C21H28N2/c1-17-12-14-19(15-13-17)22-21-11-7-6-8-18(21)16-23(2)20-9-4-3-5-10-20/h6-8,11-15,20,22H,3-5,9-10,16H2,1-2H3. The molecular weight excluding hydrogens is 280 g/mol. The van der Waals surface area contributed by atoms with E-state index in [-0.39, 0.29) is 0 Å². The predicted molar refractivity (Wildman–Crippen MR) is 99.2 cm³/mol. The number of benzene rings is 2. The zero-order chi connectivity index (χ0) is 16.1. The third-order valence-electron chi connectivity index (χ3n) is 4.97. The number of nitrogens with one attached hydrogen (secondary N) is 1. The Morgan fingerprint density at radius 3 is 2.39 bits per heavy atom. The summed E-state index contributed by atoms with van der Waals surface area (Å²) in [7, 11) is 2.28. The second kappa shape index (κ2) is 7.65. The van der Waals surface area contributed by atoms with E-state index in [2.05, 4.69) is 72.7 Å². The third-order valence-corrected chi connectivity index (χ3v) is 4.97. The Balaban J connectivity index is 1.70. The van der Waals surface area contributed by atoms with Crippen molar-refractivity contribution in [2.24, 2.45) is 0 Å². The summed E-state index contributed by atoms with van der Waals surface area (Å²) >= 11 is 0. The van der Waals surface area contributed by atoms with Crippen LogP contribution in [0.5, 0.6) is 0 Å². The van der Waals surface area contributed by atoms with Crippen molar-refractivity contribution in [3.8, 4) is 0 Å². The van der Waals surface area contributed by atoms with Gasteiger partial charge in [-0.3, -0.25) is 4.90 Å². The van der Waals surface area contributed by atoms with Gasteiger partial charge in [0.2, 0.25) is 0 Å². The Labute approximate surface area is 140 Å². The van der Waals surface area contributed by atoms with Crippen molar-refractivity contribution in [1.29, 1.82) is 0 Å². The molecule has 0 unspecified atom stereocenters. The zero-order valence-corrected chi connectivity index (χ0v) is 14.4. The van der Waals surface area contributed by atoms with Crippen molar-refractivity contribution in [3.63, 3.8) is 0 Å². The molecule has 1 N–H and O–H groups in total. The average Bonchev–Trinajstić information content (AvgIpc) is 2.59. The normalized spacial score (nSPS) is 15.8. The molecule has 0 aliphatic heterocycles. The minimum atomic E-state index is 0.746. The topological polar surface area (TPSA) is 15.3 Å². The molecule has 3 rings (SSSR count). The summed E-state index contributed by atoms with van der Waals surface area (Å²) in [6, 6.07) is 18.0. The SMILES string of the molecule is Cc1ccc(Nc2ccccc2CN(C)C2CCCCC2)cc1. The fourth-order valence-corrected chi connectivity index (χ4v) is 3.49. The molecule has 1 fully saturated rings. The summed E-state index contributed by atoms with van der Waals surface area (Å²) in [5.41, 5.74) is 5.05. The lowest BCUT2D eigenvalue weighted by atomic mass is 9.94. The maximum Gasteiger partial charge on any atom is 0.0429 e. The minimum absolute atomic E-state index is 0.746. The second-order valence-corrected chi connectivity index (χ2v) is 6.86. The third kappa shape index (κ3) is 4.35. The highest BCUT2D eigenvalue weighted by atomic mass is 15.1. The maximum absolute atomic E-state index is 3.58. The monoisotopic (exact) mass is 308 g/mol. The van der Waals surface area contributed by atoms with Crippen LogP contribution in [0.15, 0.2) is 48.5 Å². The van der Waals surface area contributed by atoms with Crippen molar-refractivity contribution >= 4 is 11.4 Å². The first kappa shape index (κ1) is 16.1. The first-order chi connectivity index (χ1) is 11.2. The molecule has 23 heavy (non-hydrogen) atoms. The van der Waals surface area contributed by atoms with Crippen LogP contribution in [0.4, 0.5) is 11.4 Å². The highest BCUT2D eigenvalue weighted by Crippen LogP contribution is 2.26. The van der Waals surface area contributed by atoms with Gasteiger partial charge in [0, 0.05) is 24.0 Å². The summed E-state index contributed by atoms with van der Waals surface area (Å²) in [5, 5.41) is 3.58. The molecule has 122 valence electrons. The van der Waals surface area contributed by atoms with E-state index >= 15 is 0 Å². The summed E-state index contributed by atoms with van der Waals surface area (Å²) < 4.78 is 0. The van der Waals surface area contributed by atoms with Gasteiger partial charge in [-0.15, -0.1) is 0 Å². The average molecular weight is 308 g/mol. The zero-order valence-electron chi connectivity index (χ0n) is 14.4. The minimum Gasteiger partial charge on any atom is -0.355 e. The number of hydrogen-bond acceptors (Lipinski definition) is 2. The van der Waals surface area contributed by atoms with E-state index in [0.29, 0.717) is 0 Å². The lowest BCUT2D eigenvalue weighted by Gasteiger charge is -2.31. The fraction of sp³-hybridized carbons (Fsp3) is 0.429. The summed E-state index contributed by atoms with van der Waals surface area (Å²) in [6.45, 7) is 3.14. The summed E-state index contributed by atoms with van der Waals surface area (Å²) in [4.78, 5) is 2.54. The van der Waals surface area contributed by atoms with Crippen LogP contribution in [0.1, 0.15) is 43.2 Å². The van der Waals surface area contributed by atoms with Crippen LogP contribution in [-0.2, 0) is 6.54 Å². The van der Waals surface area contributed by atoms with Gasteiger partial charge in [0.1, 0.15) is 0 Å². The number of nitrogens with zero attached hydrogens (tertiary/aromatic N) is 1. The lowest BCUT2D eigenvalue weighted by Crippen LogP contribution is -2.33. The Hall–Kier alpha value is -1.80. The molecule has 2 nitrogen and oxygen atoms in total. The molecule has 2 heteroatoms. The van der Waals surface area contributed by atoms with Crippen LogP contribution in [0.25, 0.3) is 0 Å². The Morgan fingerprint density at radius 1 is 0.957 bits per heavy atom. The van der Waals surface area contributed by atoms with Gasteiger partial charge in [-0.05, 0) is 50.6 Å². The van der Waals surface area contributed by atoms with Gasteiger partial charge in [0.25, 0.3) is 0 Å². The molecule has 0 spiro atoms. The van der Waals surface area contributed by atoms with Gasteiger partial charge in [-0.2, -0.15) is 0 Å². The molecule has 0 aromatic heterocycles. The van der Waals surface area contributed by atoms with Gasteiger partial charge in [-0.25, -0.2) is 0 Å². The molecule has 2 aromatic rings. The van der Waals surface area contributed by atoms with Gasteiger partial charge in [0.15, 0.2) is 0 Å². The quantitative estimate of drug-likeness (QED) is 0.784. The number of para-hydroxylation sites is 1. The van der Waals surface area contributed by atoms with Crippen molar-refractivity contribution in [1.82, 2.24) is 4.90 Å². The molecule has 0 amide bonds. The van der Waals surface area contributed by atoms with Gasteiger partial charge < -0.3 is 5.32 Å². The highest BCUT2D eigenvalue weighted by molar-refractivity contribution is 5.63. The van der Waals surface area contributed by atoms with Crippen molar-refractivity contribution in [2.45, 2.75) is 51.6 Å². The van der Waals surface area contributed by atoms with E-state index in [9.17, 15) is 0 Å². The predicted octanol–water partition coefficient (Wildman–Crippen LogP) is 5.50. The van der Waals surface area contributed by atoms with E-state index in [1.165, 1.54) is 48.9 Å². The Kier molecular flexibility index (Phi) is 5.35. The molecule has 1 aliphatic carbocycles. The van der Waals surface area contributed by atoms with Gasteiger partial charge in [-0.1, -0.05) is 55.2 Å². The largest absolute Gasteiger partial charge is 0.355 e. The first-order valence-corrected chi connectivity index (χ1v) is 8.84. The van der Waals surface area contributed by atoms with Crippen molar-refractivity contribution in [2.75, 3.05) is 12.4 Å². The Morgan fingerprint density at radius 2 is 1.65 bits per heavy atom. The van der Waals surface area contributed by atoms with E-state index in [1.807, 2.05) is 0 Å². The molecular formula is C21H28N2. The fourth-order valence-electron chi connectivity index (χ4n) is 3.49. The van der Waals surface area contributed by atoms with Crippen LogP contribution >= 0.6 is 0 Å². The summed E-state index contributed by atoms with van der Waals surface area (Å²) in [6.07, 6.45) is 6.89. The van der Waals surface area contributed by atoms with E-state index in [4.69, 9.17) is 0 Å². The lowest BCUT2D eigenvalue weighted by molar-refractivity contribution is 0.185. The van der Waals surface area contributed by atoms with Crippen LogP contribution in [0.2, 0.25) is 0 Å². The molecule has 0 saturated heterocycles. The van der Waals surface area contributed by atoms with Gasteiger partial charge in [0.05, 0.1) is 0 Å². The number of aryl methyl sites for hydroxylation is 1. The van der Waals surface area contributed by atoms with Crippen LogP contribution in [0.3, 0.4) is 0 Å². The van der Waals surface area contributed by atoms with E-state index in [1.54, 1.807) is 0 Å². The highest BCUT2D eigenvalue weighted by Gasteiger charge is 2.18.